The Hall–Kier alpha value is -0.800. The second kappa shape index (κ2) is 10.7. The van der Waals surface area contributed by atoms with Gasteiger partial charge in [-0.3, -0.25) is 9.69 Å². The Balaban J connectivity index is 1.19. The normalized spacial score (nSPS) is 19.5. The summed E-state index contributed by atoms with van der Waals surface area (Å²) >= 11 is 15.5. The minimum absolute atomic E-state index is 0.00408. The van der Waals surface area contributed by atoms with E-state index in [0.29, 0.717) is 28.9 Å². The zero-order valence-electron chi connectivity index (χ0n) is 16.6. The van der Waals surface area contributed by atoms with Crippen molar-refractivity contribution in [2.75, 3.05) is 38.5 Å². The Morgan fingerprint density at radius 2 is 2.23 bits per heavy atom. The van der Waals surface area contributed by atoms with Crippen LogP contribution in [-0.4, -0.2) is 55.4 Å². The monoisotopic (exact) mass is 485 g/mol. The fraction of sp³-hybridized carbons (Fsp3) is 0.476. The van der Waals surface area contributed by atoms with E-state index in [0.717, 1.165) is 44.7 Å². The van der Waals surface area contributed by atoms with Crippen molar-refractivity contribution in [2.24, 2.45) is 0 Å². The SMILES string of the molecule is O=C(CSc1cc2c(s1)CNCC2)NC[C@H]1CN(Cc2ccc(Cl)c(Cl)c2)CCO1. The van der Waals surface area contributed by atoms with Crippen molar-refractivity contribution in [3.8, 4) is 0 Å². The van der Waals surface area contributed by atoms with Crippen LogP contribution in [0.2, 0.25) is 10.0 Å². The van der Waals surface area contributed by atoms with Gasteiger partial charge in [-0.05, 0) is 42.3 Å². The number of thioether (sulfide) groups is 1. The highest BCUT2D eigenvalue weighted by Gasteiger charge is 2.21. The molecule has 5 nitrogen and oxygen atoms in total. The molecule has 1 saturated heterocycles. The van der Waals surface area contributed by atoms with Crippen molar-refractivity contribution in [2.45, 2.75) is 29.8 Å². The number of hydrogen-bond donors (Lipinski definition) is 2. The number of nitrogens with one attached hydrogen (secondary N) is 2. The fourth-order valence-corrected chi connectivity index (χ4v) is 6.20. The van der Waals surface area contributed by atoms with Crippen LogP contribution in [0.4, 0.5) is 0 Å². The molecule has 1 atom stereocenters. The van der Waals surface area contributed by atoms with Gasteiger partial charge in [0.15, 0.2) is 0 Å². The van der Waals surface area contributed by atoms with E-state index in [1.54, 1.807) is 23.1 Å². The molecule has 30 heavy (non-hydrogen) atoms. The summed E-state index contributed by atoms with van der Waals surface area (Å²) in [6.45, 7) is 5.60. The lowest BCUT2D eigenvalue weighted by atomic mass is 10.1. The van der Waals surface area contributed by atoms with Crippen molar-refractivity contribution in [3.63, 3.8) is 0 Å². The number of hydrogen-bond acceptors (Lipinski definition) is 6. The molecule has 2 N–H and O–H groups in total. The van der Waals surface area contributed by atoms with Gasteiger partial charge < -0.3 is 15.4 Å². The van der Waals surface area contributed by atoms with Gasteiger partial charge in [-0.2, -0.15) is 0 Å². The standard InChI is InChI=1S/C21H25Cl2N3O2S2/c22-17-2-1-14(7-18(17)23)11-26-5-6-28-16(12-26)9-25-20(27)13-29-21-8-15-3-4-24-10-19(15)30-21/h1-2,7-8,16,24H,3-6,9-13H2,(H,25,27)/t16-/m0/s1. The minimum Gasteiger partial charge on any atom is -0.374 e. The number of thiophene rings is 1. The lowest BCUT2D eigenvalue weighted by molar-refractivity contribution is -0.119. The molecule has 0 unspecified atom stereocenters. The number of carbonyl (C=O) groups is 1. The molecule has 1 amide bonds. The Bertz CT molecular complexity index is 870. The van der Waals surface area contributed by atoms with Gasteiger partial charge >= 0.3 is 0 Å². The van der Waals surface area contributed by atoms with Crippen LogP contribution in [0, 0.1) is 0 Å². The first-order valence-electron chi connectivity index (χ1n) is 10.1. The van der Waals surface area contributed by atoms with Crippen molar-refractivity contribution in [1.29, 1.82) is 0 Å². The number of carbonyl (C=O) groups excluding carboxylic acids is 1. The molecular weight excluding hydrogens is 461 g/mol. The molecule has 9 heteroatoms. The first-order chi connectivity index (χ1) is 14.6. The molecule has 0 radical (unpaired) electrons. The van der Waals surface area contributed by atoms with E-state index in [4.69, 9.17) is 27.9 Å². The maximum Gasteiger partial charge on any atom is 0.230 e. The lowest BCUT2D eigenvalue weighted by Gasteiger charge is -2.33. The van der Waals surface area contributed by atoms with Crippen LogP contribution in [-0.2, 0) is 29.0 Å². The summed E-state index contributed by atoms with van der Waals surface area (Å²) in [7, 11) is 0. The Labute approximate surface area is 195 Å². The van der Waals surface area contributed by atoms with Gasteiger partial charge in [0.1, 0.15) is 0 Å². The quantitative estimate of drug-likeness (QED) is 0.583. The van der Waals surface area contributed by atoms with Gasteiger partial charge in [0.25, 0.3) is 0 Å². The zero-order chi connectivity index (χ0) is 20.9. The number of nitrogens with zero attached hydrogens (tertiary/aromatic N) is 1. The largest absolute Gasteiger partial charge is 0.374 e. The van der Waals surface area contributed by atoms with Crippen molar-refractivity contribution in [1.82, 2.24) is 15.5 Å². The van der Waals surface area contributed by atoms with Crippen molar-refractivity contribution in [3.05, 3.63) is 50.3 Å². The number of benzene rings is 1. The number of fused-ring (bicyclic) bond motifs is 1. The van der Waals surface area contributed by atoms with Gasteiger partial charge in [-0.25, -0.2) is 0 Å². The second-order valence-corrected chi connectivity index (χ2v) is 10.7. The number of ether oxygens (including phenoxy) is 1. The van der Waals surface area contributed by atoms with E-state index in [9.17, 15) is 4.79 Å². The minimum atomic E-state index is -0.00408. The highest BCUT2D eigenvalue weighted by molar-refractivity contribution is 8.01. The predicted octanol–water partition coefficient (Wildman–Crippen LogP) is 3.81. The molecule has 2 aliphatic heterocycles. The van der Waals surface area contributed by atoms with Crippen LogP contribution in [0.15, 0.2) is 28.5 Å². The molecule has 0 saturated carbocycles. The van der Waals surface area contributed by atoms with Crippen molar-refractivity contribution >= 4 is 52.2 Å². The van der Waals surface area contributed by atoms with Crippen LogP contribution < -0.4 is 10.6 Å². The smallest absolute Gasteiger partial charge is 0.230 e. The van der Waals surface area contributed by atoms with E-state index >= 15 is 0 Å². The first kappa shape index (κ1) is 22.4. The average molecular weight is 486 g/mol. The summed E-state index contributed by atoms with van der Waals surface area (Å²) < 4.78 is 7.06. The molecule has 1 aromatic heterocycles. The molecule has 2 aromatic rings. The summed E-state index contributed by atoms with van der Waals surface area (Å²) in [6.07, 6.45) is 1.08. The summed E-state index contributed by atoms with van der Waals surface area (Å²) in [6, 6.07) is 7.97. The molecule has 1 fully saturated rings. The number of rotatable bonds is 7. The average Bonchev–Trinajstić information content (AvgIpc) is 3.17. The molecule has 0 bridgehead atoms. The summed E-state index contributed by atoms with van der Waals surface area (Å²) in [5.41, 5.74) is 2.55. The van der Waals surface area contributed by atoms with Gasteiger partial charge in [-0.1, -0.05) is 29.3 Å². The molecule has 0 spiro atoms. The zero-order valence-corrected chi connectivity index (χ0v) is 19.7. The maximum atomic E-state index is 12.3. The molecule has 2 aliphatic rings. The summed E-state index contributed by atoms with van der Waals surface area (Å²) in [5, 5.41) is 7.56. The predicted molar refractivity (Wildman–Crippen MR) is 125 cm³/mol. The van der Waals surface area contributed by atoms with Crippen LogP contribution in [0.5, 0.6) is 0 Å². The molecule has 162 valence electrons. The third-order valence-electron chi connectivity index (χ3n) is 5.22. The Morgan fingerprint density at radius 1 is 1.33 bits per heavy atom. The molecule has 4 rings (SSSR count). The third-order valence-corrected chi connectivity index (χ3v) is 8.34. The van der Waals surface area contributed by atoms with Crippen LogP contribution >= 0.6 is 46.3 Å². The Morgan fingerprint density at radius 3 is 3.07 bits per heavy atom. The second-order valence-electron chi connectivity index (χ2n) is 7.51. The van der Waals surface area contributed by atoms with E-state index in [1.165, 1.54) is 14.6 Å². The first-order valence-corrected chi connectivity index (χ1v) is 12.6. The van der Waals surface area contributed by atoms with E-state index in [2.05, 4.69) is 21.6 Å². The van der Waals surface area contributed by atoms with Crippen molar-refractivity contribution < 1.29 is 9.53 Å². The topological polar surface area (TPSA) is 53.6 Å². The van der Waals surface area contributed by atoms with Gasteiger partial charge in [0.05, 0.1) is 32.7 Å². The van der Waals surface area contributed by atoms with E-state index in [-0.39, 0.29) is 12.0 Å². The summed E-state index contributed by atoms with van der Waals surface area (Å²) in [4.78, 5) is 16.0. The van der Waals surface area contributed by atoms with E-state index < -0.39 is 0 Å². The highest BCUT2D eigenvalue weighted by Crippen LogP contribution is 2.32. The van der Waals surface area contributed by atoms with E-state index in [1.807, 2.05) is 18.2 Å². The van der Waals surface area contributed by atoms with Crippen LogP contribution in [0.1, 0.15) is 16.0 Å². The van der Waals surface area contributed by atoms with Gasteiger partial charge in [0.2, 0.25) is 5.91 Å². The number of morpholine rings is 1. The highest BCUT2D eigenvalue weighted by atomic mass is 35.5. The van der Waals surface area contributed by atoms with Gasteiger partial charge in [-0.15, -0.1) is 23.1 Å². The molecule has 0 aliphatic carbocycles. The Kier molecular flexibility index (Phi) is 7.97. The number of halogens is 2. The van der Waals surface area contributed by atoms with Crippen LogP contribution in [0.25, 0.3) is 0 Å². The summed E-state index contributed by atoms with van der Waals surface area (Å²) in [5.74, 6) is 0.488. The maximum absolute atomic E-state index is 12.3. The fourth-order valence-electron chi connectivity index (χ4n) is 3.66. The third kappa shape index (κ3) is 6.13. The number of amides is 1. The van der Waals surface area contributed by atoms with Gasteiger partial charge in [0, 0.05) is 37.6 Å². The molecule has 3 heterocycles. The lowest BCUT2D eigenvalue weighted by Crippen LogP contribution is -2.47. The van der Waals surface area contributed by atoms with Crippen LogP contribution in [0.3, 0.4) is 0 Å². The molecule has 1 aromatic carbocycles. The molecular formula is C21H25Cl2N3O2S2.